The summed E-state index contributed by atoms with van der Waals surface area (Å²) in [5.41, 5.74) is 2.36. The maximum atomic E-state index is 13.0. The fourth-order valence-electron chi connectivity index (χ4n) is 3.35. The van der Waals surface area contributed by atoms with Crippen LogP contribution in [0.1, 0.15) is 39.0 Å². The summed E-state index contributed by atoms with van der Waals surface area (Å²) in [7, 11) is 1.35. The van der Waals surface area contributed by atoms with E-state index in [0.717, 1.165) is 24.6 Å². The highest BCUT2D eigenvalue weighted by atomic mass is 16.5. The first-order valence-corrected chi connectivity index (χ1v) is 8.81. The molecule has 2 aromatic rings. The van der Waals surface area contributed by atoms with E-state index in [1.165, 1.54) is 7.11 Å². The number of aryl methyl sites for hydroxylation is 1. The van der Waals surface area contributed by atoms with Crippen molar-refractivity contribution in [1.82, 2.24) is 14.9 Å². The standard InChI is InChI=1S/C19H24N4O3/c1-4-14-16(19(25)26-3)13(2)17(21-14)18(24)23-11-9-22(10-12-23)15-7-5-6-8-20-15/h5-8,21H,4,9-12H2,1-3H3. The SMILES string of the molecule is CCc1[nH]c(C(=O)N2CCN(c3ccccn3)CC2)c(C)c1C(=O)OC. The minimum Gasteiger partial charge on any atom is -0.465 e. The van der Waals surface area contributed by atoms with Crippen molar-refractivity contribution in [3.8, 4) is 0 Å². The van der Waals surface area contributed by atoms with Crippen LogP contribution >= 0.6 is 0 Å². The summed E-state index contributed by atoms with van der Waals surface area (Å²) in [6.07, 6.45) is 2.40. The number of methoxy groups -OCH3 is 1. The number of amides is 1. The van der Waals surface area contributed by atoms with Crippen molar-refractivity contribution in [2.24, 2.45) is 0 Å². The number of nitrogens with one attached hydrogen (secondary N) is 1. The van der Waals surface area contributed by atoms with Crippen LogP contribution in [0.5, 0.6) is 0 Å². The molecule has 1 aliphatic heterocycles. The van der Waals surface area contributed by atoms with Gasteiger partial charge in [0.05, 0.1) is 12.7 Å². The van der Waals surface area contributed by atoms with Crippen LogP contribution in [0, 0.1) is 6.92 Å². The van der Waals surface area contributed by atoms with Gasteiger partial charge in [-0.2, -0.15) is 0 Å². The van der Waals surface area contributed by atoms with Crippen molar-refractivity contribution in [2.45, 2.75) is 20.3 Å². The second kappa shape index (κ2) is 7.59. The van der Waals surface area contributed by atoms with Crippen LogP contribution in [-0.2, 0) is 11.2 Å². The van der Waals surface area contributed by atoms with Crippen LogP contribution < -0.4 is 4.90 Å². The van der Waals surface area contributed by atoms with E-state index in [0.29, 0.717) is 36.3 Å². The lowest BCUT2D eigenvalue weighted by molar-refractivity contribution is 0.0599. The van der Waals surface area contributed by atoms with Crippen LogP contribution in [0.2, 0.25) is 0 Å². The molecule has 0 saturated carbocycles. The Bertz CT molecular complexity index is 793. The number of aromatic nitrogens is 2. The first-order chi connectivity index (χ1) is 12.6. The number of H-pyrrole nitrogens is 1. The molecule has 0 radical (unpaired) electrons. The number of esters is 1. The fourth-order valence-corrected chi connectivity index (χ4v) is 3.35. The number of aromatic amines is 1. The van der Waals surface area contributed by atoms with Crippen LogP contribution in [0.15, 0.2) is 24.4 Å². The monoisotopic (exact) mass is 356 g/mol. The maximum absolute atomic E-state index is 13.0. The number of hydrogen-bond acceptors (Lipinski definition) is 5. The van der Waals surface area contributed by atoms with E-state index in [1.54, 1.807) is 13.1 Å². The number of carbonyl (C=O) groups is 2. The third kappa shape index (κ3) is 3.29. The first-order valence-electron chi connectivity index (χ1n) is 8.81. The van der Waals surface area contributed by atoms with E-state index < -0.39 is 5.97 Å². The molecular weight excluding hydrogens is 332 g/mol. The molecule has 7 nitrogen and oxygen atoms in total. The van der Waals surface area contributed by atoms with E-state index in [-0.39, 0.29) is 5.91 Å². The summed E-state index contributed by atoms with van der Waals surface area (Å²) < 4.78 is 4.86. The zero-order valence-corrected chi connectivity index (χ0v) is 15.4. The third-order valence-corrected chi connectivity index (χ3v) is 4.82. The van der Waals surface area contributed by atoms with Gasteiger partial charge in [-0.3, -0.25) is 4.79 Å². The van der Waals surface area contributed by atoms with Gasteiger partial charge >= 0.3 is 5.97 Å². The van der Waals surface area contributed by atoms with Gasteiger partial charge in [-0.1, -0.05) is 13.0 Å². The molecule has 0 bridgehead atoms. The molecule has 0 unspecified atom stereocenters. The molecule has 3 rings (SSSR count). The summed E-state index contributed by atoms with van der Waals surface area (Å²) in [6.45, 7) is 6.42. The highest BCUT2D eigenvalue weighted by Crippen LogP contribution is 2.22. The van der Waals surface area contributed by atoms with Crippen LogP contribution in [0.4, 0.5) is 5.82 Å². The van der Waals surface area contributed by atoms with Crippen molar-refractivity contribution >= 4 is 17.7 Å². The highest BCUT2D eigenvalue weighted by Gasteiger charge is 2.28. The molecule has 0 aromatic carbocycles. The topological polar surface area (TPSA) is 78.5 Å². The number of nitrogens with zero attached hydrogens (tertiary/aromatic N) is 3. The predicted octanol–water partition coefficient (Wildman–Crippen LogP) is 2.03. The number of hydrogen-bond donors (Lipinski definition) is 1. The minimum absolute atomic E-state index is 0.0759. The molecule has 138 valence electrons. The molecule has 0 aliphatic carbocycles. The minimum atomic E-state index is -0.408. The van der Waals surface area contributed by atoms with Gasteiger partial charge in [-0.25, -0.2) is 9.78 Å². The molecule has 0 spiro atoms. The molecular formula is C19H24N4O3. The quantitative estimate of drug-likeness (QED) is 0.848. The van der Waals surface area contributed by atoms with Gasteiger partial charge in [-0.05, 0) is 31.0 Å². The van der Waals surface area contributed by atoms with Crippen LogP contribution in [0.25, 0.3) is 0 Å². The summed E-state index contributed by atoms with van der Waals surface area (Å²) >= 11 is 0. The molecule has 1 N–H and O–H groups in total. The summed E-state index contributed by atoms with van der Waals surface area (Å²) in [5.74, 6) is 0.444. The normalized spacial score (nSPS) is 14.4. The van der Waals surface area contributed by atoms with Gasteiger partial charge in [0.25, 0.3) is 5.91 Å². The van der Waals surface area contributed by atoms with E-state index in [1.807, 2.05) is 30.0 Å². The molecule has 7 heteroatoms. The summed E-state index contributed by atoms with van der Waals surface area (Å²) in [6, 6.07) is 5.83. The Kier molecular flexibility index (Phi) is 5.25. The van der Waals surface area contributed by atoms with E-state index in [2.05, 4.69) is 14.9 Å². The Morgan fingerprint density at radius 3 is 2.54 bits per heavy atom. The molecule has 1 fully saturated rings. The lowest BCUT2D eigenvalue weighted by atomic mass is 10.1. The lowest BCUT2D eigenvalue weighted by Gasteiger charge is -2.35. The average Bonchev–Trinajstić information content (AvgIpc) is 3.04. The van der Waals surface area contributed by atoms with Crippen molar-refractivity contribution in [1.29, 1.82) is 0 Å². The van der Waals surface area contributed by atoms with Crippen molar-refractivity contribution in [3.05, 3.63) is 46.9 Å². The van der Waals surface area contributed by atoms with Crippen LogP contribution in [0.3, 0.4) is 0 Å². The Morgan fingerprint density at radius 2 is 1.96 bits per heavy atom. The van der Waals surface area contributed by atoms with Gasteiger partial charge in [-0.15, -0.1) is 0 Å². The molecule has 26 heavy (non-hydrogen) atoms. The molecule has 1 saturated heterocycles. The predicted molar refractivity (Wildman–Crippen MR) is 98.6 cm³/mol. The lowest BCUT2D eigenvalue weighted by Crippen LogP contribution is -2.49. The smallest absolute Gasteiger partial charge is 0.339 e. The van der Waals surface area contributed by atoms with Gasteiger partial charge in [0.1, 0.15) is 11.5 Å². The zero-order chi connectivity index (χ0) is 18.7. The summed E-state index contributed by atoms with van der Waals surface area (Å²) in [4.78, 5) is 36.5. The second-order valence-corrected chi connectivity index (χ2v) is 6.29. The second-order valence-electron chi connectivity index (χ2n) is 6.29. The van der Waals surface area contributed by atoms with Gasteiger partial charge < -0.3 is 19.5 Å². The van der Waals surface area contributed by atoms with E-state index in [9.17, 15) is 9.59 Å². The fraction of sp³-hybridized carbons (Fsp3) is 0.421. The molecule has 1 amide bonds. The number of ether oxygens (including phenoxy) is 1. The van der Waals surface area contributed by atoms with Crippen molar-refractivity contribution in [2.75, 3.05) is 38.2 Å². The molecule has 0 atom stereocenters. The Hall–Kier alpha value is -2.83. The average molecular weight is 356 g/mol. The van der Waals surface area contributed by atoms with Crippen molar-refractivity contribution < 1.29 is 14.3 Å². The van der Waals surface area contributed by atoms with E-state index in [4.69, 9.17) is 4.74 Å². The Balaban J connectivity index is 1.75. The van der Waals surface area contributed by atoms with Gasteiger partial charge in [0.15, 0.2) is 0 Å². The number of carbonyl (C=O) groups excluding carboxylic acids is 2. The number of rotatable bonds is 4. The molecule has 3 heterocycles. The number of pyridine rings is 1. The largest absolute Gasteiger partial charge is 0.465 e. The summed E-state index contributed by atoms with van der Waals surface area (Å²) in [5, 5.41) is 0. The number of piperazine rings is 1. The number of anilines is 1. The molecule has 2 aromatic heterocycles. The highest BCUT2D eigenvalue weighted by molar-refractivity contribution is 6.00. The van der Waals surface area contributed by atoms with Crippen LogP contribution in [-0.4, -0.2) is 60.0 Å². The third-order valence-electron chi connectivity index (χ3n) is 4.82. The maximum Gasteiger partial charge on any atom is 0.339 e. The Morgan fingerprint density at radius 1 is 1.23 bits per heavy atom. The Labute approximate surface area is 153 Å². The van der Waals surface area contributed by atoms with Gasteiger partial charge in [0.2, 0.25) is 0 Å². The molecule has 1 aliphatic rings. The first kappa shape index (κ1) is 18.0. The van der Waals surface area contributed by atoms with Gasteiger partial charge in [0, 0.05) is 38.1 Å². The zero-order valence-electron chi connectivity index (χ0n) is 15.4. The van der Waals surface area contributed by atoms with Crippen molar-refractivity contribution in [3.63, 3.8) is 0 Å². The van der Waals surface area contributed by atoms with E-state index >= 15 is 0 Å².